The minimum Gasteiger partial charge on any atom is -0.389 e. The molecule has 1 aromatic heterocycles. The van der Waals surface area contributed by atoms with E-state index in [-0.39, 0.29) is 16.9 Å². The predicted molar refractivity (Wildman–Crippen MR) is 151 cm³/mol. The number of aliphatic hydroxyl groups is 1. The van der Waals surface area contributed by atoms with Crippen LogP contribution in [0.1, 0.15) is 95.3 Å². The van der Waals surface area contributed by atoms with E-state index in [4.69, 9.17) is 0 Å². The Hall–Kier alpha value is -1.96. The number of benzene rings is 1. The number of nitrogens with one attached hydrogen (secondary N) is 1. The maximum absolute atomic E-state index is 13.3. The van der Waals surface area contributed by atoms with Crippen molar-refractivity contribution in [1.82, 2.24) is 14.2 Å². The fourth-order valence-corrected chi connectivity index (χ4v) is 6.95. The van der Waals surface area contributed by atoms with Gasteiger partial charge in [-0.2, -0.15) is 0 Å². The standard InChI is InChI=1S/C30H45N3O3S/c1-20-24(28(35)32-18-23(34)19-32)16-26(33(20)17-21-11-9-8-10-12-21)22-13-14-27(25(15-22)29(2,3)4)37(36)31-30(5,6)7/h13-16,21,23,31,34H,8-12,17-19H2,1-7H3. The highest BCUT2D eigenvalue weighted by Gasteiger charge is 2.33. The largest absolute Gasteiger partial charge is 0.389 e. The highest BCUT2D eigenvalue weighted by molar-refractivity contribution is 7.83. The van der Waals surface area contributed by atoms with Crippen LogP contribution in [0, 0.1) is 12.8 Å². The van der Waals surface area contributed by atoms with Crippen molar-refractivity contribution in [1.29, 1.82) is 0 Å². The lowest BCUT2D eigenvalue weighted by Crippen LogP contribution is -2.53. The molecule has 2 fully saturated rings. The Bertz CT molecular complexity index is 1160. The summed E-state index contributed by atoms with van der Waals surface area (Å²) in [7, 11) is -1.34. The Balaban J connectivity index is 1.78. The predicted octanol–water partition coefficient (Wildman–Crippen LogP) is 5.57. The van der Waals surface area contributed by atoms with Gasteiger partial charge in [-0.05, 0) is 81.2 Å². The Morgan fingerprint density at radius 2 is 1.70 bits per heavy atom. The molecule has 0 spiro atoms. The van der Waals surface area contributed by atoms with E-state index in [0.29, 0.717) is 19.0 Å². The van der Waals surface area contributed by atoms with Crippen molar-refractivity contribution in [3.8, 4) is 11.3 Å². The highest BCUT2D eigenvalue weighted by atomic mass is 32.2. The summed E-state index contributed by atoms with van der Waals surface area (Å²) >= 11 is 0. The van der Waals surface area contributed by atoms with Crippen LogP contribution in [0.25, 0.3) is 11.3 Å². The van der Waals surface area contributed by atoms with Crippen LogP contribution in [0.4, 0.5) is 0 Å². The number of nitrogens with zero attached hydrogens (tertiary/aromatic N) is 2. The zero-order chi connectivity index (χ0) is 27.1. The summed E-state index contributed by atoms with van der Waals surface area (Å²) in [5.41, 5.74) is 4.36. The van der Waals surface area contributed by atoms with Crippen molar-refractivity contribution in [2.24, 2.45) is 5.92 Å². The molecule has 1 amide bonds. The number of aromatic nitrogens is 1. The number of hydrogen-bond acceptors (Lipinski definition) is 3. The third-order valence-electron chi connectivity index (χ3n) is 7.59. The van der Waals surface area contributed by atoms with E-state index >= 15 is 0 Å². The molecule has 1 aliphatic heterocycles. The topological polar surface area (TPSA) is 74.6 Å². The number of hydrogen-bond donors (Lipinski definition) is 2. The molecule has 6 nitrogen and oxygen atoms in total. The second kappa shape index (κ2) is 10.7. The first-order chi connectivity index (χ1) is 17.2. The first-order valence-corrected chi connectivity index (χ1v) is 14.9. The lowest BCUT2D eigenvalue weighted by atomic mass is 9.85. The van der Waals surface area contributed by atoms with E-state index < -0.39 is 17.1 Å². The van der Waals surface area contributed by atoms with Gasteiger partial charge in [0.1, 0.15) is 11.0 Å². The first kappa shape index (κ1) is 28.1. The molecule has 1 aliphatic carbocycles. The van der Waals surface area contributed by atoms with E-state index in [0.717, 1.165) is 39.5 Å². The van der Waals surface area contributed by atoms with E-state index in [1.165, 1.54) is 32.1 Å². The number of carbonyl (C=O) groups excluding carboxylic acids is 1. The second-order valence-corrected chi connectivity index (χ2v) is 14.3. The normalized spacial score (nSPS) is 18.6. The smallest absolute Gasteiger partial charge is 0.255 e. The van der Waals surface area contributed by atoms with Gasteiger partial charge in [0, 0.05) is 36.6 Å². The number of likely N-dealkylation sites (tertiary alicyclic amines) is 1. The Morgan fingerprint density at radius 3 is 2.27 bits per heavy atom. The summed E-state index contributed by atoms with van der Waals surface area (Å²) in [6, 6.07) is 8.26. The van der Waals surface area contributed by atoms with Crippen molar-refractivity contribution < 1.29 is 14.1 Å². The van der Waals surface area contributed by atoms with Crippen LogP contribution in [0.3, 0.4) is 0 Å². The first-order valence-electron chi connectivity index (χ1n) is 13.8. The summed E-state index contributed by atoms with van der Waals surface area (Å²) < 4.78 is 18.9. The molecule has 2 aromatic rings. The molecule has 4 rings (SSSR count). The van der Waals surface area contributed by atoms with E-state index in [1.807, 2.05) is 32.9 Å². The lowest BCUT2D eigenvalue weighted by molar-refractivity contribution is 0.00583. The van der Waals surface area contributed by atoms with Crippen LogP contribution in [-0.4, -0.2) is 49.4 Å². The average molecular weight is 528 g/mol. The number of amides is 1. The average Bonchev–Trinajstić information content (AvgIpc) is 3.11. The minimum absolute atomic E-state index is 0.00501. The van der Waals surface area contributed by atoms with Crippen molar-refractivity contribution in [2.75, 3.05) is 13.1 Å². The summed E-state index contributed by atoms with van der Waals surface area (Å²) in [4.78, 5) is 15.9. The molecule has 2 aliphatic rings. The van der Waals surface area contributed by atoms with E-state index in [2.05, 4.69) is 49.1 Å². The Labute approximate surface area is 225 Å². The maximum atomic E-state index is 13.3. The monoisotopic (exact) mass is 527 g/mol. The minimum atomic E-state index is -1.34. The third kappa shape index (κ3) is 6.37. The summed E-state index contributed by atoms with van der Waals surface area (Å²) in [5.74, 6) is 0.604. The summed E-state index contributed by atoms with van der Waals surface area (Å²) in [6.07, 6.45) is 5.88. The molecule has 1 atom stereocenters. The van der Waals surface area contributed by atoms with Crippen LogP contribution in [0.15, 0.2) is 29.2 Å². The van der Waals surface area contributed by atoms with Crippen LogP contribution in [0.2, 0.25) is 0 Å². The molecule has 37 heavy (non-hydrogen) atoms. The number of aliphatic hydroxyl groups excluding tert-OH is 1. The van der Waals surface area contributed by atoms with Gasteiger partial charge >= 0.3 is 0 Å². The SMILES string of the molecule is Cc1c(C(=O)N2CC(O)C2)cc(-c2ccc(S(=O)NC(C)(C)C)c(C(C)(C)C)c2)n1CC1CCCCC1. The zero-order valence-corrected chi connectivity index (χ0v) is 24.5. The van der Waals surface area contributed by atoms with Crippen molar-refractivity contribution >= 4 is 16.9 Å². The Morgan fingerprint density at radius 1 is 1.05 bits per heavy atom. The third-order valence-corrected chi connectivity index (χ3v) is 9.15. The van der Waals surface area contributed by atoms with Gasteiger partial charge in [0.25, 0.3) is 5.91 Å². The van der Waals surface area contributed by atoms with Crippen molar-refractivity contribution in [3.63, 3.8) is 0 Å². The van der Waals surface area contributed by atoms with Crippen molar-refractivity contribution in [3.05, 3.63) is 41.1 Å². The van der Waals surface area contributed by atoms with Gasteiger partial charge in [0.15, 0.2) is 0 Å². The maximum Gasteiger partial charge on any atom is 0.255 e. The van der Waals surface area contributed by atoms with Gasteiger partial charge in [-0.1, -0.05) is 46.1 Å². The molecule has 2 N–H and O–H groups in total. The molecule has 1 unspecified atom stereocenters. The summed E-state index contributed by atoms with van der Waals surface area (Å²) in [5, 5.41) is 9.76. The zero-order valence-electron chi connectivity index (χ0n) is 23.7. The van der Waals surface area contributed by atoms with E-state index in [1.54, 1.807) is 4.90 Å². The van der Waals surface area contributed by atoms with E-state index in [9.17, 15) is 14.1 Å². The molecule has 0 radical (unpaired) electrons. The number of carbonyl (C=O) groups is 1. The molecular weight excluding hydrogens is 482 g/mol. The molecule has 2 heterocycles. The molecule has 204 valence electrons. The molecular formula is C30H45N3O3S. The van der Waals surface area contributed by atoms with Gasteiger partial charge in [0.2, 0.25) is 0 Å². The quantitative estimate of drug-likeness (QED) is 0.516. The summed E-state index contributed by atoms with van der Waals surface area (Å²) in [6.45, 7) is 16.3. The molecule has 0 bridgehead atoms. The molecule has 1 saturated carbocycles. The molecule has 1 aromatic carbocycles. The van der Waals surface area contributed by atoms with Crippen LogP contribution in [-0.2, 0) is 22.9 Å². The lowest BCUT2D eigenvalue weighted by Gasteiger charge is -2.35. The highest BCUT2D eigenvalue weighted by Crippen LogP contribution is 2.36. The van der Waals surface area contributed by atoms with Gasteiger partial charge in [-0.15, -0.1) is 0 Å². The molecule has 7 heteroatoms. The fraction of sp³-hybridized carbons (Fsp3) is 0.633. The van der Waals surface area contributed by atoms with Crippen LogP contribution < -0.4 is 4.72 Å². The van der Waals surface area contributed by atoms with Crippen molar-refractivity contribution in [2.45, 2.75) is 109 Å². The van der Waals surface area contributed by atoms with Crippen LogP contribution >= 0.6 is 0 Å². The van der Waals surface area contributed by atoms with Gasteiger partial charge in [-0.3, -0.25) is 4.79 Å². The van der Waals surface area contributed by atoms with Gasteiger partial charge in [-0.25, -0.2) is 8.93 Å². The number of β-amino-alcohol motifs (C(OH)–C–C–N with tert-alkyl or cyclic N) is 1. The molecule has 1 saturated heterocycles. The second-order valence-electron chi connectivity index (χ2n) is 13.1. The fourth-order valence-electron chi connectivity index (χ4n) is 5.53. The Kier molecular flexibility index (Phi) is 8.08. The van der Waals surface area contributed by atoms with Gasteiger partial charge < -0.3 is 14.6 Å². The number of rotatable bonds is 6. The van der Waals surface area contributed by atoms with Crippen LogP contribution in [0.5, 0.6) is 0 Å². The van der Waals surface area contributed by atoms with Gasteiger partial charge in [0.05, 0.1) is 16.6 Å².